The third-order valence-corrected chi connectivity index (χ3v) is 6.12. The van der Waals surface area contributed by atoms with Gasteiger partial charge in [0.1, 0.15) is 12.3 Å². The summed E-state index contributed by atoms with van der Waals surface area (Å²) in [6.07, 6.45) is 3.38. The molecule has 1 aromatic carbocycles. The minimum absolute atomic E-state index is 0.0218. The Hall–Kier alpha value is -2.04. The van der Waals surface area contributed by atoms with Crippen molar-refractivity contribution in [3.8, 4) is 5.75 Å². The first-order valence-corrected chi connectivity index (χ1v) is 10.0. The lowest BCUT2D eigenvalue weighted by molar-refractivity contribution is -0.126. The van der Waals surface area contributed by atoms with E-state index in [0.29, 0.717) is 23.3 Å². The maximum Gasteiger partial charge on any atom is 0.265 e. The third kappa shape index (κ3) is 4.28. The number of fused-ring (bicyclic) bond motifs is 1. The van der Waals surface area contributed by atoms with Crippen LogP contribution in [0.25, 0.3) is 0 Å². The number of hydrogen-bond donors (Lipinski definition) is 1. The van der Waals surface area contributed by atoms with E-state index in [-0.39, 0.29) is 36.4 Å². The fourth-order valence-corrected chi connectivity index (χ4v) is 4.02. The van der Waals surface area contributed by atoms with E-state index in [1.807, 2.05) is 18.2 Å². The molecule has 2 aliphatic rings. The number of nitrogens with one attached hydrogen (secondary N) is 1. The fraction of sp³-hybridized carbons (Fsp3) is 0.636. The summed E-state index contributed by atoms with van der Waals surface area (Å²) in [4.78, 5) is 26.8. The van der Waals surface area contributed by atoms with E-state index in [0.717, 1.165) is 18.4 Å². The Morgan fingerprint density at radius 2 is 2.00 bits per heavy atom. The van der Waals surface area contributed by atoms with Gasteiger partial charge in [0.2, 0.25) is 5.91 Å². The van der Waals surface area contributed by atoms with Crippen molar-refractivity contribution in [2.75, 3.05) is 18.1 Å². The highest BCUT2D eigenvalue weighted by atomic mass is 16.5. The van der Waals surface area contributed by atoms with Crippen molar-refractivity contribution >= 4 is 17.5 Å². The molecule has 0 bridgehead atoms. The zero-order valence-corrected chi connectivity index (χ0v) is 17.2. The minimum Gasteiger partial charge on any atom is -0.482 e. The van der Waals surface area contributed by atoms with Crippen molar-refractivity contribution in [1.82, 2.24) is 5.32 Å². The molecule has 1 aromatic rings. The molecule has 0 unspecified atom stereocenters. The standard InChI is InChI=1S/C22H32N2O3/c1-14-7-6-8-17(15(14)2)23-20(25)12-24-18-11-16(22(3,4)5)9-10-19(18)27-13-21(24)26/h9-11,14-15,17H,6-8,12-13H2,1-5H3,(H,23,25)/t14-,15+,17+/m0/s1. The van der Waals surface area contributed by atoms with Crippen LogP contribution in [0, 0.1) is 11.8 Å². The molecule has 3 rings (SSSR count). The van der Waals surface area contributed by atoms with Crippen molar-refractivity contribution in [2.45, 2.75) is 65.3 Å². The number of benzene rings is 1. The zero-order chi connectivity index (χ0) is 19.8. The van der Waals surface area contributed by atoms with Crippen molar-refractivity contribution in [1.29, 1.82) is 0 Å². The van der Waals surface area contributed by atoms with Gasteiger partial charge >= 0.3 is 0 Å². The highest BCUT2D eigenvalue weighted by Gasteiger charge is 2.32. The van der Waals surface area contributed by atoms with E-state index in [9.17, 15) is 9.59 Å². The molecule has 1 aliphatic carbocycles. The predicted molar refractivity (Wildman–Crippen MR) is 107 cm³/mol. The van der Waals surface area contributed by atoms with Crippen molar-refractivity contribution < 1.29 is 14.3 Å². The van der Waals surface area contributed by atoms with Gasteiger partial charge in [-0.3, -0.25) is 14.5 Å². The summed E-state index contributed by atoms with van der Waals surface area (Å²) in [5, 5.41) is 3.17. The Bertz CT molecular complexity index is 723. The van der Waals surface area contributed by atoms with Crippen molar-refractivity contribution in [2.24, 2.45) is 11.8 Å². The van der Waals surface area contributed by atoms with Crippen molar-refractivity contribution in [3.63, 3.8) is 0 Å². The van der Waals surface area contributed by atoms with Gasteiger partial charge in [-0.1, -0.05) is 53.5 Å². The van der Waals surface area contributed by atoms with Gasteiger partial charge in [0.05, 0.1) is 5.69 Å². The number of amides is 2. The Morgan fingerprint density at radius 3 is 2.70 bits per heavy atom. The second kappa shape index (κ2) is 7.53. The first-order chi connectivity index (χ1) is 12.7. The molecule has 0 radical (unpaired) electrons. The summed E-state index contributed by atoms with van der Waals surface area (Å²) < 4.78 is 5.57. The van der Waals surface area contributed by atoms with E-state index >= 15 is 0 Å². The molecular weight excluding hydrogens is 340 g/mol. The zero-order valence-electron chi connectivity index (χ0n) is 17.2. The van der Waals surface area contributed by atoms with Crippen LogP contribution in [-0.2, 0) is 15.0 Å². The number of nitrogens with zero attached hydrogens (tertiary/aromatic N) is 1. The highest BCUT2D eigenvalue weighted by molar-refractivity contribution is 6.02. The minimum atomic E-state index is -0.172. The van der Waals surface area contributed by atoms with Gasteiger partial charge in [0, 0.05) is 6.04 Å². The summed E-state index contributed by atoms with van der Waals surface area (Å²) in [6, 6.07) is 6.10. The monoisotopic (exact) mass is 372 g/mol. The number of rotatable bonds is 3. The van der Waals surface area contributed by atoms with Gasteiger partial charge in [-0.2, -0.15) is 0 Å². The van der Waals surface area contributed by atoms with Crippen LogP contribution in [0.5, 0.6) is 5.75 Å². The van der Waals surface area contributed by atoms with Gasteiger partial charge in [-0.05, 0) is 41.4 Å². The Labute approximate surface area is 162 Å². The number of hydrogen-bond acceptors (Lipinski definition) is 3. The van der Waals surface area contributed by atoms with Crippen LogP contribution in [-0.4, -0.2) is 31.0 Å². The molecule has 1 fully saturated rings. The maximum atomic E-state index is 12.7. The van der Waals surface area contributed by atoms with Crippen LogP contribution in [0.1, 0.15) is 59.4 Å². The first kappa shape index (κ1) is 19.7. The molecule has 0 saturated heterocycles. The maximum absolute atomic E-state index is 12.7. The average molecular weight is 373 g/mol. The molecule has 2 amide bonds. The number of carbonyl (C=O) groups is 2. The van der Waals surface area contributed by atoms with Gasteiger partial charge in [0.25, 0.3) is 5.91 Å². The lowest BCUT2D eigenvalue weighted by Gasteiger charge is -2.35. The van der Waals surface area contributed by atoms with Crippen LogP contribution >= 0.6 is 0 Å². The van der Waals surface area contributed by atoms with Gasteiger partial charge in [-0.25, -0.2) is 0 Å². The largest absolute Gasteiger partial charge is 0.482 e. The molecule has 0 spiro atoms. The van der Waals surface area contributed by atoms with Gasteiger partial charge in [0.15, 0.2) is 6.61 Å². The van der Waals surface area contributed by atoms with Gasteiger partial charge in [-0.15, -0.1) is 0 Å². The smallest absolute Gasteiger partial charge is 0.265 e. The highest BCUT2D eigenvalue weighted by Crippen LogP contribution is 2.36. The predicted octanol–water partition coefficient (Wildman–Crippen LogP) is 3.65. The number of anilines is 1. The molecule has 1 aliphatic heterocycles. The topological polar surface area (TPSA) is 58.6 Å². The molecule has 148 valence electrons. The van der Waals surface area contributed by atoms with E-state index < -0.39 is 0 Å². The molecule has 3 atom stereocenters. The van der Waals surface area contributed by atoms with E-state index in [4.69, 9.17) is 4.74 Å². The van der Waals surface area contributed by atoms with E-state index in [1.165, 1.54) is 6.42 Å². The second-order valence-corrected chi connectivity index (χ2v) is 9.14. The van der Waals surface area contributed by atoms with Crippen molar-refractivity contribution in [3.05, 3.63) is 23.8 Å². The Balaban J connectivity index is 1.76. The first-order valence-electron chi connectivity index (χ1n) is 10.0. The molecule has 1 heterocycles. The lowest BCUT2D eigenvalue weighted by Crippen LogP contribution is -2.50. The van der Waals surface area contributed by atoms with Crippen LogP contribution in [0.3, 0.4) is 0 Å². The second-order valence-electron chi connectivity index (χ2n) is 9.14. The number of carbonyl (C=O) groups excluding carboxylic acids is 2. The third-order valence-electron chi connectivity index (χ3n) is 6.12. The normalized spacial score (nSPS) is 25.6. The molecule has 5 nitrogen and oxygen atoms in total. The van der Waals surface area contributed by atoms with Gasteiger partial charge < -0.3 is 10.1 Å². The fourth-order valence-electron chi connectivity index (χ4n) is 4.02. The van der Waals surface area contributed by atoms with Crippen LogP contribution < -0.4 is 15.0 Å². The van der Waals surface area contributed by atoms with E-state index in [2.05, 4.69) is 39.9 Å². The molecule has 0 aromatic heterocycles. The van der Waals surface area contributed by atoms with Crippen LogP contribution in [0.4, 0.5) is 5.69 Å². The van der Waals surface area contributed by atoms with Crippen LogP contribution in [0.2, 0.25) is 0 Å². The Kier molecular flexibility index (Phi) is 5.50. The lowest BCUT2D eigenvalue weighted by atomic mass is 9.78. The van der Waals surface area contributed by atoms with E-state index in [1.54, 1.807) is 4.90 Å². The summed E-state index contributed by atoms with van der Waals surface area (Å²) in [6.45, 7) is 10.9. The molecular formula is C22H32N2O3. The van der Waals surface area contributed by atoms with Crippen LogP contribution in [0.15, 0.2) is 18.2 Å². The SMILES string of the molecule is C[C@@H]1[C@@H](C)CCC[C@H]1NC(=O)CN1C(=O)COc2ccc(C(C)(C)C)cc21. The molecule has 27 heavy (non-hydrogen) atoms. The molecule has 1 N–H and O–H groups in total. The summed E-state index contributed by atoms with van der Waals surface area (Å²) in [7, 11) is 0. The summed E-state index contributed by atoms with van der Waals surface area (Å²) >= 11 is 0. The molecule has 5 heteroatoms. The summed E-state index contributed by atoms with van der Waals surface area (Å²) in [5.41, 5.74) is 1.76. The molecule has 1 saturated carbocycles. The summed E-state index contributed by atoms with van der Waals surface area (Å²) in [5.74, 6) is 1.47. The average Bonchev–Trinajstić information content (AvgIpc) is 2.60. The Morgan fingerprint density at radius 1 is 1.26 bits per heavy atom. The quantitative estimate of drug-likeness (QED) is 0.881. The number of ether oxygens (including phenoxy) is 1.